The molecule has 0 radical (unpaired) electrons. The van der Waals surface area contributed by atoms with Crippen molar-refractivity contribution in [3.63, 3.8) is 0 Å². The predicted octanol–water partition coefficient (Wildman–Crippen LogP) is 2.92. The highest BCUT2D eigenvalue weighted by Crippen LogP contribution is 2.25. The van der Waals surface area contributed by atoms with Gasteiger partial charge in [0.25, 0.3) is 5.91 Å². The first-order chi connectivity index (χ1) is 10.9. The van der Waals surface area contributed by atoms with Crippen molar-refractivity contribution < 1.29 is 23.8 Å². The summed E-state index contributed by atoms with van der Waals surface area (Å²) in [6.07, 6.45) is 1.06. The molecule has 2 rings (SSSR count). The molecule has 7 heteroatoms. The maximum atomic E-state index is 12.3. The van der Waals surface area contributed by atoms with Gasteiger partial charge < -0.3 is 19.6 Å². The third-order valence-electron chi connectivity index (χ3n) is 3.26. The number of ether oxygens (including phenoxy) is 1. The van der Waals surface area contributed by atoms with Gasteiger partial charge in [-0.1, -0.05) is 6.07 Å². The third-order valence-corrected chi connectivity index (χ3v) is 3.88. The van der Waals surface area contributed by atoms with Gasteiger partial charge in [-0.25, -0.2) is 0 Å². The van der Waals surface area contributed by atoms with E-state index in [1.807, 2.05) is 12.1 Å². The fourth-order valence-electron chi connectivity index (χ4n) is 2.16. The topological polar surface area (TPSA) is 88.8 Å². The zero-order valence-electron chi connectivity index (χ0n) is 12.7. The quantitative estimate of drug-likeness (QED) is 0.802. The highest BCUT2D eigenvalue weighted by atomic mass is 79.9. The normalized spacial score (nSPS) is 10.4. The second kappa shape index (κ2) is 7.32. The van der Waals surface area contributed by atoms with Crippen LogP contribution in [-0.2, 0) is 17.8 Å². The Labute approximate surface area is 141 Å². The minimum absolute atomic E-state index is 0.156. The van der Waals surface area contributed by atoms with Gasteiger partial charge in [0.2, 0.25) is 0 Å². The Morgan fingerprint density at radius 2 is 2.13 bits per heavy atom. The number of halogens is 1. The van der Waals surface area contributed by atoms with Crippen LogP contribution < -0.4 is 10.1 Å². The molecule has 1 amide bonds. The van der Waals surface area contributed by atoms with E-state index in [0.29, 0.717) is 17.9 Å². The van der Waals surface area contributed by atoms with Crippen molar-refractivity contribution in [2.24, 2.45) is 0 Å². The minimum atomic E-state index is -1.05. The van der Waals surface area contributed by atoms with E-state index < -0.39 is 5.97 Å². The molecule has 1 aromatic carbocycles. The van der Waals surface area contributed by atoms with Crippen LogP contribution in [0, 0.1) is 6.92 Å². The number of aryl methyl sites for hydroxylation is 1. The Morgan fingerprint density at radius 1 is 1.39 bits per heavy atom. The number of hydrogen-bond acceptors (Lipinski definition) is 4. The molecule has 23 heavy (non-hydrogen) atoms. The van der Waals surface area contributed by atoms with Crippen molar-refractivity contribution in [2.45, 2.75) is 19.9 Å². The fraction of sp³-hybridized carbons (Fsp3) is 0.250. The Hall–Kier alpha value is -2.28. The lowest BCUT2D eigenvalue weighted by Crippen LogP contribution is -2.24. The minimum Gasteiger partial charge on any atom is -0.496 e. The fourth-order valence-corrected chi connectivity index (χ4v) is 2.75. The second-order valence-electron chi connectivity index (χ2n) is 4.94. The standard InChI is InChI=1S/C16H16BrNO5/c1-9-8-23-13(6-14(19)20)15(9)16(21)18-7-10-3-4-12(22-2)11(17)5-10/h3-5,8H,6-7H2,1-2H3,(H,18,21)(H,19,20). The number of carbonyl (C=O) groups is 2. The van der Waals surface area contributed by atoms with Crippen LogP contribution in [0.25, 0.3) is 0 Å². The van der Waals surface area contributed by atoms with E-state index in [4.69, 9.17) is 14.3 Å². The van der Waals surface area contributed by atoms with Crippen molar-refractivity contribution in [3.05, 3.63) is 51.4 Å². The molecule has 122 valence electrons. The summed E-state index contributed by atoms with van der Waals surface area (Å²) in [5, 5.41) is 11.6. The van der Waals surface area contributed by atoms with E-state index in [1.54, 1.807) is 20.1 Å². The molecule has 0 spiro atoms. The van der Waals surface area contributed by atoms with Gasteiger partial charge in [0.05, 0.1) is 23.4 Å². The first kappa shape index (κ1) is 17.1. The summed E-state index contributed by atoms with van der Waals surface area (Å²) in [6.45, 7) is 2.01. The zero-order chi connectivity index (χ0) is 17.0. The molecule has 0 bridgehead atoms. The Kier molecular flexibility index (Phi) is 5.44. The number of benzene rings is 1. The van der Waals surface area contributed by atoms with E-state index in [9.17, 15) is 9.59 Å². The van der Waals surface area contributed by atoms with Gasteiger partial charge in [0.15, 0.2) is 0 Å². The molecule has 0 fully saturated rings. The van der Waals surface area contributed by atoms with Crippen molar-refractivity contribution in [3.8, 4) is 5.75 Å². The molecule has 0 atom stereocenters. The van der Waals surface area contributed by atoms with E-state index in [1.165, 1.54) is 6.26 Å². The molecule has 2 aromatic rings. The SMILES string of the molecule is COc1ccc(CNC(=O)c2c(C)coc2CC(=O)O)cc1Br. The van der Waals surface area contributed by atoms with Gasteiger partial charge in [-0.15, -0.1) is 0 Å². The van der Waals surface area contributed by atoms with Crippen LogP contribution in [0.4, 0.5) is 0 Å². The van der Waals surface area contributed by atoms with E-state index >= 15 is 0 Å². The molecule has 0 aliphatic rings. The average Bonchev–Trinajstić information content (AvgIpc) is 2.85. The third kappa shape index (κ3) is 4.13. The molecular formula is C16H16BrNO5. The largest absolute Gasteiger partial charge is 0.496 e. The van der Waals surface area contributed by atoms with Crippen LogP contribution in [0.15, 0.2) is 33.4 Å². The number of furan rings is 1. The smallest absolute Gasteiger partial charge is 0.311 e. The maximum Gasteiger partial charge on any atom is 0.311 e. The van der Waals surface area contributed by atoms with Crippen molar-refractivity contribution in [1.82, 2.24) is 5.32 Å². The van der Waals surface area contributed by atoms with Gasteiger partial charge in [0.1, 0.15) is 17.9 Å². The number of rotatable bonds is 6. The number of nitrogens with one attached hydrogen (secondary N) is 1. The predicted molar refractivity (Wildman–Crippen MR) is 86.6 cm³/mol. The number of carbonyl (C=O) groups excluding carboxylic acids is 1. The van der Waals surface area contributed by atoms with Crippen molar-refractivity contribution in [2.75, 3.05) is 7.11 Å². The summed E-state index contributed by atoms with van der Waals surface area (Å²) in [7, 11) is 1.58. The van der Waals surface area contributed by atoms with Crippen LogP contribution >= 0.6 is 15.9 Å². The van der Waals surface area contributed by atoms with Gasteiger partial charge in [0, 0.05) is 12.1 Å². The summed E-state index contributed by atoms with van der Waals surface area (Å²) in [5.74, 6) is -0.551. The monoisotopic (exact) mass is 381 g/mol. The molecule has 2 N–H and O–H groups in total. The first-order valence-electron chi connectivity index (χ1n) is 6.81. The van der Waals surface area contributed by atoms with Crippen molar-refractivity contribution in [1.29, 1.82) is 0 Å². The highest BCUT2D eigenvalue weighted by molar-refractivity contribution is 9.10. The molecule has 0 unspecified atom stereocenters. The van der Waals surface area contributed by atoms with Crippen molar-refractivity contribution >= 4 is 27.8 Å². The van der Waals surface area contributed by atoms with E-state index in [0.717, 1.165) is 10.0 Å². The average molecular weight is 382 g/mol. The zero-order valence-corrected chi connectivity index (χ0v) is 14.3. The lowest BCUT2D eigenvalue weighted by Gasteiger charge is -2.08. The Bertz CT molecular complexity index is 738. The van der Waals surface area contributed by atoms with Gasteiger partial charge in [-0.3, -0.25) is 9.59 Å². The number of amides is 1. The first-order valence-corrected chi connectivity index (χ1v) is 7.61. The number of carboxylic acids is 1. The number of methoxy groups -OCH3 is 1. The van der Waals surface area contributed by atoms with Crippen LogP contribution in [0.5, 0.6) is 5.75 Å². The Balaban J connectivity index is 2.09. The van der Waals surface area contributed by atoms with Crippen LogP contribution in [0.3, 0.4) is 0 Å². The van der Waals surface area contributed by atoms with Crippen LogP contribution in [-0.4, -0.2) is 24.1 Å². The number of aliphatic carboxylic acids is 1. The number of hydrogen-bond donors (Lipinski definition) is 2. The molecule has 0 aliphatic heterocycles. The van der Waals surface area contributed by atoms with E-state index in [2.05, 4.69) is 21.2 Å². The summed E-state index contributed by atoms with van der Waals surface area (Å²) >= 11 is 3.39. The molecule has 0 saturated heterocycles. The second-order valence-corrected chi connectivity index (χ2v) is 5.79. The highest BCUT2D eigenvalue weighted by Gasteiger charge is 2.20. The maximum absolute atomic E-state index is 12.3. The van der Waals surface area contributed by atoms with Gasteiger partial charge in [-0.05, 0) is 40.5 Å². The summed E-state index contributed by atoms with van der Waals surface area (Å²) < 4.78 is 11.1. The van der Waals surface area contributed by atoms with Crippen LogP contribution in [0.2, 0.25) is 0 Å². The molecule has 1 heterocycles. The lowest BCUT2D eigenvalue weighted by molar-refractivity contribution is -0.136. The lowest BCUT2D eigenvalue weighted by atomic mass is 10.1. The van der Waals surface area contributed by atoms with Crippen LogP contribution in [0.1, 0.15) is 27.2 Å². The molecule has 1 aromatic heterocycles. The molecular weight excluding hydrogens is 366 g/mol. The van der Waals surface area contributed by atoms with E-state index in [-0.39, 0.29) is 23.7 Å². The molecule has 0 aliphatic carbocycles. The molecule has 6 nitrogen and oxygen atoms in total. The number of carboxylic acid groups (broad SMARTS) is 1. The summed E-state index contributed by atoms with van der Waals surface area (Å²) in [5.41, 5.74) is 1.77. The van der Waals surface area contributed by atoms with Gasteiger partial charge in [-0.2, -0.15) is 0 Å². The summed E-state index contributed by atoms with van der Waals surface area (Å²) in [4.78, 5) is 23.1. The Morgan fingerprint density at radius 3 is 2.74 bits per heavy atom. The van der Waals surface area contributed by atoms with Gasteiger partial charge >= 0.3 is 5.97 Å². The summed E-state index contributed by atoms with van der Waals surface area (Å²) in [6, 6.07) is 5.48. The molecule has 0 saturated carbocycles.